The molecule has 1 aromatic rings. The van der Waals surface area contributed by atoms with Crippen molar-refractivity contribution < 1.29 is 14.3 Å². The van der Waals surface area contributed by atoms with E-state index in [9.17, 15) is 9.59 Å². The van der Waals surface area contributed by atoms with Gasteiger partial charge in [-0.05, 0) is 32.3 Å². The molecule has 5 nitrogen and oxygen atoms in total. The lowest BCUT2D eigenvalue weighted by atomic mass is 10.0. The van der Waals surface area contributed by atoms with Crippen molar-refractivity contribution in [3.8, 4) is 0 Å². The average molecular weight is 353 g/mol. The number of ether oxygens (including phenoxy) is 1. The third-order valence-electron chi connectivity index (χ3n) is 4.23. The first-order valence-corrected chi connectivity index (χ1v) is 8.89. The minimum absolute atomic E-state index is 0.00401. The molecule has 2 rings (SSSR count). The summed E-state index contributed by atoms with van der Waals surface area (Å²) < 4.78 is 5.48. The Labute approximate surface area is 148 Å². The highest BCUT2D eigenvalue weighted by Gasteiger charge is 2.32. The average Bonchev–Trinajstić information content (AvgIpc) is 2.60. The van der Waals surface area contributed by atoms with Crippen LogP contribution in [0.2, 0.25) is 0 Å². The maximum absolute atomic E-state index is 12.6. The summed E-state index contributed by atoms with van der Waals surface area (Å²) in [6.07, 6.45) is 1.40. The summed E-state index contributed by atoms with van der Waals surface area (Å²) in [7, 11) is 0. The second kappa shape index (κ2) is 8.92. The summed E-state index contributed by atoms with van der Waals surface area (Å²) >= 11 is 5.66. The van der Waals surface area contributed by atoms with Crippen molar-refractivity contribution in [2.45, 2.75) is 45.4 Å². The third-order valence-corrected chi connectivity index (χ3v) is 4.46. The van der Waals surface area contributed by atoms with Crippen molar-refractivity contribution in [1.82, 2.24) is 9.80 Å². The lowest BCUT2D eigenvalue weighted by molar-refractivity contribution is -0.130. The van der Waals surface area contributed by atoms with Crippen LogP contribution in [0.25, 0.3) is 0 Å². The Balaban J connectivity index is 1.99. The first-order chi connectivity index (χ1) is 11.5. The summed E-state index contributed by atoms with van der Waals surface area (Å²) in [5.74, 6) is -0.102. The van der Waals surface area contributed by atoms with Gasteiger partial charge in [-0.1, -0.05) is 30.3 Å². The number of amides is 2. The Morgan fingerprint density at radius 2 is 2.04 bits per heavy atom. The van der Waals surface area contributed by atoms with Crippen LogP contribution in [-0.4, -0.2) is 52.9 Å². The molecule has 0 N–H and O–H groups in total. The number of likely N-dealkylation sites (tertiary alicyclic amines) is 1. The van der Waals surface area contributed by atoms with E-state index >= 15 is 0 Å². The number of nitrogens with zero attached hydrogens (tertiary/aromatic N) is 2. The van der Waals surface area contributed by atoms with E-state index < -0.39 is 0 Å². The molecule has 0 unspecified atom stereocenters. The Kier molecular flexibility index (Phi) is 6.91. The molecule has 1 saturated heterocycles. The van der Waals surface area contributed by atoms with Crippen LogP contribution < -0.4 is 0 Å². The lowest BCUT2D eigenvalue weighted by Crippen LogP contribution is -2.54. The van der Waals surface area contributed by atoms with Crippen LogP contribution in [0, 0.1) is 0 Å². The largest absolute Gasteiger partial charge is 0.445 e. The quantitative estimate of drug-likeness (QED) is 0.764. The number of halogens is 1. The predicted octanol–water partition coefficient (Wildman–Crippen LogP) is 3.26. The standard InChI is InChI=1S/C18H25ClN2O3/c1-14(2)21(16-9-6-10-20(12-16)17(22)11-19)18(23)24-13-15-7-4-3-5-8-15/h3-5,7-8,14,16H,6,9-13H2,1-2H3/t16-/m0/s1. The first-order valence-electron chi connectivity index (χ1n) is 8.35. The summed E-state index contributed by atoms with van der Waals surface area (Å²) in [6.45, 7) is 5.40. The van der Waals surface area contributed by atoms with Crippen molar-refractivity contribution in [3.63, 3.8) is 0 Å². The minimum atomic E-state index is -0.334. The molecule has 1 aliphatic rings. The smallest absolute Gasteiger partial charge is 0.410 e. The minimum Gasteiger partial charge on any atom is -0.445 e. The van der Waals surface area contributed by atoms with Crippen LogP contribution in [0.4, 0.5) is 4.79 Å². The molecule has 1 aromatic carbocycles. The van der Waals surface area contributed by atoms with Crippen LogP contribution in [0.3, 0.4) is 0 Å². The monoisotopic (exact) mass is 352 g/mol. The zero-order chi connectivity index (χ0) is 17.5. The topological polar surface area (TPSA) is 49.9 Å². The van der Waals surface area contributed by atoms with Gasteiger partial charge in [0.2, 0.25) is 5.91 Å². The molecule has 132 valence electrons. The zero-order valence-corrected chi connectivity index (χ0v) is 15.0. The SMILES string of the molecule is CC(C)N(C(=O)OCc1ccccc1)[C@H]1CCCN(C(=O)CCl)C1. The molecule has 1 aliphatic heterocycles. The van der Waals surface area contributed by atoms with E-state index in [1.165, 1.54) is 0 Å². The number of alkyl halides is 1. The normalized spacial score (nSPS) is 17.7. The molecule has 0 saturated carbocycles. The van der Waals surface area contributed by atoms with E-state index in [1.807, 2.05) is 44.2 Å². The fourth-order valence-corrected chi connectivity index (χ4v) is 3.24. The second-order valence-electron chi connectivity index (χ2n) is 6.31. The Bertz CT molecular complexity index is 550. The van der Waals surface area contributed by atoms with E-state index in [1.54, 1.807) is 9.80 Å². The van der Waals surface area contributed by atoms with Gasteiger partial charge in [0.25, 0.3) is 0 Å². The van der Waals surface area contributed by atoms with E-state index in [0.717, 1.165) is 18.4 Å². The number of hydrogen-bond donors (Lipinski definition) is 0. The van der Waals surface area contributed by atoms with Gasteiger partial charge in [-0.25, -0.2) is 4.79 Å². The van der Waals surface area contributed by atoms with E-state index in [0.29, 0.717) is 13.1 Å². The number of rotatable bonds is 5. The molecule has 2 amide bonds. The van der Waals surface area contributed by atoms with Crippen LogP contribution in [-0.2, 0) is 16.1 Å². The van der Waals surface area contributed by atoms with Crippen molar-refractivity contribution in [2.24, 2.45) is 0 Å². The van der Waals surface area contributed by atoms with Gasteiger partial charge in [0.15, 0.2) is 0 Å². The third kappa shape index (κ3) is 4.87. The van der Waals surface area contributed by atoms with E-state index in [2.05, 4.69) is 0 Å². The van der Waals surface area contributed by atoms with Gasteiger partial charge in [0.1, 0.15) is 12.5 Å². The van der Waals surface area contributed by atoms with Gasteiger partial charge in [0, 0.05) is 19.1 Å². The van der Waals surface area contributed by atoms with Crippen LogP contribution in [0.5, 0.6) is 0 Å². The van der Waals surface area contributed by atoms with Crippen molar-refractivity contribution >= 4 is 23.6 Å². The molecule has 0 radical (unpaired) electrons. The highest BCUT2D eigenvalue weighted by atomic mass is 35.5. The molecule has 0 bridgehead atoms. The first kappa shape index (κ1) is 18.6. The van der Waals surface area contributed by atoms with Gasteiger partial charge in [0.05, 0.1) is 6.04 Å². The number of hydrogen-bond acceptors (Lipinski definition) is 3. The molecule has 1 atom stereocenters. The molecular formula is C18H25ClN2O3. The van der Waals surface area contributed by atoms with Gasteiger partial charge >= 0.3 is 6.09 Å². The number of carbonyl (C=O) groups excluding carboxylic acids is 2. The molecule has 1 heterocycles. The summed E-state index contributed by atoms with van der Waals surface area (Å²) in [5.41, 5.74) is 0.956. The fraction of sp³-hybridized carbons (Fsp3) is 0.556. The maximum Gasteiger partial charge on any atom is 0.410 e. The Morgan fingerprint density at radius 3 is 2.67 bits per heavy atom. The van der Waals surface area contributed by atoms with Crippen LogP contribution >= 0.6 is 11.6 Å². The number of carbonyl (C=O) groups is 2. The second-order valence-corrected chi connectivity index (χ2v) is 6.58. The molecule has 6 heteroatoms. The molecule has 0 spiro atoms. The Morgan fingerprint density at radius 1 is 1.33 bits per heavy atom. The predicted molar refractivity (Wildman–Crippen MR) is 93.9 cm³/mol. The van der Waals surface area contributed by atoms with Gasteiger partial charge in [-0.2, -0.15) is 0 Å². The molecule has 0 aromatic heterocycles. The van der Waals surface area contributed by atoms with Crippen molar-refractivity contribution in [1.29, 1.82) is 0 Å². The molecule has 1 fully saturated rings. The zero-order valence-electron chi connectivity index (χ0n) is 14.3. The highest BCUT2D eigenvalue weighted by Crippen LogP contribution is 2.20. The van der Waals surface area contributed by atoms with Gasteiger partial charge in [-0.15, -0.1) is 11.6 Å². The summed E-state index contributed by atoms with van der Waals surface area (Å²) in [4.78, 5) is 27.9. The maximum atomic E-state index is 12.6. The van der Waals surface area contributed by atoms with Crippen molar-refractivity contribution in [3.05, 3.63) is 35.9 Å². The molecular weight excluding hydrogens is 328 g/mol. The number of benzene rings is 1. The van der Waals surface area contributed by atoms with E-state index in [4.69, 9.17) is 16.3 Å². The van der Waals surface area contributed by atoms with Crippen LogP contribution in [0.1, 0.15) is 32.3 Å². The summed E-state index contributed by atoms with van der Waals surface area (Å²) in [5, 5.41) is 0. The molecule has 24 heavy (non-hydrogen) atoms. The van der Waals surface area contributed by atoms with Gasteiger partial charge in [-0.3, -0.25) is 4.79 Å². The highest BCUT2D eigenvalue weighted by molar-refractivity contribution is 6.27. The fourth-order valence-electron chi connectivity index (χ4n) is 3.07. The number of piperidine rings is 1. The molecule has 0 aliphatic carbocycles. The van der Waals surface area contributed by atoms with Crippen molar-refractivity contribution in [2.75, 3.05) is 19.0 Å². The van der Waals surface area contributed by atoms with E-state index in [-0.39, 0.29) is 36.6 Å². The Hall–Kier alpha value is -1.75. The van der Waals surface area contributed by atoms with Crippen LogP contribution in [0.15, 0.2) is 30.3 Å². The van der Waals surface area contributed by atoms with Gasteiger partial charge < -0.3 is 14.5 Å². The lowest BCUT2D eigenvalue weighted by Gasteiger charge is -2.40. The summed E-state index contributed by atoms with van der Waals surface area (Å²) in [6, 6.07) is 9.58.